The number of hydrogen-bond acceptors (Lipinski definition) is 4. The molecule has 0 heterocycles. The van der Waals surface area contributed by atoms with Crippen LogP contribution in [0.25, 0.3) is 6.08 Å². The summed E-state index contributed by atoms with van der Waals surface area (Å²) in [7, 11) is 7.26. The van der Waals surface area contributed by atoms with Gasteiger partial charge in [0, 0.05) is 19.2 Å². The molecule has 0 saturated heterocycles. The van der Waals surface area contributed by atoms with Crippen molar-refractivity contribution >= 4 is 12.0 Å². The number of methoxy groups -OCH3 is 2. The van der Waals surface area contributed by atoms with Crippen molar-refractivity contribution in [2.45, 2.75) is 13.1 Å². The van der Waals surface area contributed by atoms with Gasteiger partial charge in [0.2, 0.25) is 5.91 Å². The van der Waals surface area contributed by atoms with Crippen LogP contribution in [0.2, 0.25) is 0 Å². The Balaban J connectivity index is 1.89. The zero-order valence-electron chi connectivity index (χ0n) is 15.8. The molecule has 2 aromatic rings. The first-order valence-electron chi connectivity index (χ1n) is 8.42. The molecule has 5 heteroatoms. The summed E-state index contributed by atoms with van der Waals surface area (Å²) in [4.78, 5) is 14.1. The van der Waals surface area contributed by atoms with Gasteiger partial charge in [-0.3, -0.25) is 4.79 Å². The molecule has 0 spiro atoms. The summed E-state index contributed by atoms with van der Waals surface area (Å²) in [5, 5.41) is 2.89. The molecule has 26 heavy (non-hydrogen) atoms. The van der Waals surface area contributed by atoms with Crippen LogP contribution in [-0.4, -0.2) is 39.1 Å². The number of benzene rings is 2. The summed E-state index contributed by atoms with van der Waals surface area (Å²) in [5.41, 5.74) is 3.18. The minimum Gasteiger partial charge on any atom is -0.493 e. The van der Waals surface area contributed by atoms with E-state index in [1.165, 1.54) is 11.6 Å². The van der Waals surface area contributed by atoms with Crippen molar-refractivity contribution in [1.82, 2.24) is 10.2 Å². The highest BCUT2D eigenvalue weighted by molar-refractivity contribution is 5.91. The van der Waals surface area contributed by atoms with Gasteiger partial charge >= 0.3 is 0 Å². The van der Waals surface area contributed by atoms with E-state index in [0.717, 1.165) is 17.7 Å². The Hall–Kier alpha value is -2.79. The first kappa shape index (κ1) is 19.5. The Morgan fingerprint density at radius 1 is 1.00 bits per heavy atom. The Morgan fingerprint density at radius 3 is 2.27 bits per heavy atom. The van der Waals surface area contributed by atoms with E-state index >= 15 is 0 Å². The molecule has 0 unspecified atom stereocenters. The van der Waals surface area contributed by atoms with Crippen LogP contribution in [-0.2, 0) is 17.9 Å². The fourth-order valence-corrected chi connectivity index (χ4v) is 2.50. The van der Waals surface area contributed by atoms with Crippen LogP contribution < -0.4 is 14.8 Å². The molecular weight excluding hydrogens is 328 g/mol. The van der Waals surface area contributed by atoms with E-state index in [0.29, 0.717) is 18.0 Å². The molecule has 0 atom stereocenters. The van der Waals surface area contributed by atoms with Gasteiger partial charge < -0.3 is 19.7 Å². The van der Waals surface area contributed by atoms with Gasteiger partial charge in [-0.05, 0) is 49.0 Å². The maximum atomic E-state index is 12.0. The molecule has 2 aromatic carbocycles. The third-order valence-corrected chi connectivity index (χ3v) is 3.82. The predicted octanol–water partition coefficient (Wildman–Crippen LogP) is 3.10. The van der Waals surface area contributed by atoms with E-state index in [9.17, 15) is 4.79 Å². The van der Waals surface area contributed by atoms with Crippen molar-refractivity contribution in [2.75, 3.05) is 28.3 Å². The molecule has 2 rings (SSSR count). The lowest BCUT2D eigenvalue weighted by molar-refractivity contribution is -0.116. The van der Waals surface area contributed by atoms with Gasteiger partial charge in [-0.15, -0.1) is 0 Å². The van der Waals surface area contributed by atoms with Crippen molar-refractivity contribution < 1.29 is 14.3 Å². The van der Waals surface area contributed by atoms with Gasteiger partial charge in [0.1, 0.15) is 0 Å². The number of hydrogen-bond donors (Lipinski definition) is 1. The third-order valence-electron chi connectivity index (χ3n) is 3.82. The quantitative estimate of drug-likeness (QED) is 0.740. The lowest BCUT2D eigenvalue weighted by Crippen LogP contribution is -2.20. The maximum absolute atomic E-state index is 12.0. The van der Waals surface area contributed by atoms with Crippen molar-refractivity contribution in [3.8, 4) is 11.5 Å². The average Bonchev–Trinajstić information content (AvgIpc) is 2.65. The zero-order chi connectivity index (χ0) is 18.9. The largest absolute Gasteiger partial charge is 0.493 e. The molecule has 0 aliphatic carbocycles. The topological polar surface area (TPSA) is 50.8 Å². The number of rotatable bonds is 8. The molecule has 0 saturated carbocycles. The van der Waals surface area contributed by atoms with Crippen LogP contribution in [0.15, 0.2) is 48.5 Å². The molecular formula is C21H26N2O3. The van der Waals surface area contributed by atoms with Crippen LogP contribution in [0.5, 0.6) is 11.5 Å². The number of nitrogens with zero attached hydrogens (tertiary/aromatic N) is 1. The fraction of sp³-hybridized carbons (Fsp3) is 0.286. The van der Waals surface area contributed by atoms with Crippen LogP contribution in [0, 0.1) is 0 Å². The summed E-state index contributed by atoms with van der Waals surface area (Å²) < 4.78 is 10.5. The van der Waals surface area contributed by atoms with Crippen molar-refractivity contribution in [2.24, 2.45) is 0 Å². The first-order chi connectivity index (χ1) is 12.5. The van der Waals surface area contributed by atoms with Gasteiger partial charge in [-0.1, -0.05) is 30.3 Å². The number of amides is 1. The zero-order valence-corrected chi connectivity index (χ0v) is 15.8. The smallest absolute Gasteiger partial charge is 0.244 e. The lowest BCUT2D eigenvalue weighted by Gasteiger charge is -2.10. The van der Waals surface area contributed by atoms with Gasteiger partial charge in [-0.2, -0.15) is 0 Å². The molecule has 0 bridgehead atoms. The van der Waals surface area contributed by atoms with E-state index in [4.69, 9.17) is 9.47 Å². The maximum Gasteiger partial charge on any atom is 0.244 e. The minimum atomic E-state index is -0.142. The normalized spacial score (nSPS) is 11.0. The molecule has 0 aromatic heterocycles. The highest BCUT2D eigenvalue weighted by atomic mass is 16.5. The SMILES string of the molecule is COc1ccc(/C=C/C(=O)NCc2ccc(CN(C)C)cc2)cc1OC. The molecule has 5 nitrogen and oxygen atoms in total. The molecule has 0 aliphatic rings. The van der Waals surface area contributed by atoms with Crippen LogP contribution in [0.1, 0.15) is 16.7 Å². The van der Waals surface area contributed by atoms with E-state index in [1.54, 1.807) is 20.3 Å². The molecule has 0 aliphatic heterocycles. The van der Waals surface area contributed by atoms with Crippen molar-refractivity contribution in [1.29, 1.82) is 0 Å². The Morgan fingerprint density at radius 2 is 1.65 bits per heavy atom. The van der Waals surface area contributed by atoms with Gasteiger partial charge in [0.05, 0.1) is 14.2 Å². The van der Waals surface area contributed by atoms with Crippen LogP contribution in [0.4, 0.5) is 0 Å². The summed E-state index contributed by atoms with van der Waals surface area (Å²) in [6.07, 6.45) is 3.26. The number of ether oxygens (including phenoxy) is 2. The second kappa shape index (κ2) is 9.63. The summed E-state index contributed by atoms with van der Waals surface area (Å²) in [6, 6.07) is 13.8. The monoisotopic (exact) mass is 354 g/mol. The molecule has 0 radical (unpaired) electrons. The highest BCUT2D eigenvalue weighted by Crippen LogP contribution is 2.27. The molecule has 1 N–H and O–H groups in total. The second-order valence-corrected chi connectivity index (χ2v) is 6.22. The Bertz CT molecular complexity index is 752. The number of carbonyl (C=O) groups excluding carboxylic acids is 1. The highest BCUT2D eigenvalue weighted by Gasteiger charge is 2.03. The van der Waals surface area contributed by atoms with Gasteiger partial charge in [0.25, 0.3) is 0 Å². The summed E-state index contributed by atoms with van der Waals surface area (Å²) >= 11 is 0. The Labute approximate surface area is 155 Å². The summed E-state index contributed by atoms with van der Waals surface area (Å²) in [6.45, 7) is 1.40. The molecule has 0 fully saturated rings. The van der Waals surface area contributed by atoms with Crippen LogP contribution in [0.3, 0.4) is 0 Å². The fourth-order valence-electron chi connectivity index (χ4n) is 2.50. The second-order valence-electron chi connectivity index (χ2n) is 6.22. The van der Waals surface area contributed by atoms with E-state index in [-0.39, 0.29) is 5.91 Å². The van der Waals surface area contributed by atoms with Gasteiger partial charge in [-0.25, -0.2) is 0 Å². The third kappa shape index (κ3) is 5.93. The average molecular weight is 354 g/mol. The van der Waals surface area contributed by atoms with Crippen molar-refractivity contribution in [3.63, 3.8) is 0 Å². The van der Waals surface area contributed by atoms with E-state index < -0.39 is 0 Å². The summed E-state index contributed by atoms with van der Waals surface area (Å²) in [5.74, 6) is 1.15. The van der Waals surface area contributed by atoms with Crippen LogP contribution >= 0.6 is 0 Å². The number of carbonyl (C=O) groups is 1. The Kier molecular flexibility index (Phi) is 7.24. The van der Waals surface area contributed by atoms with Crippen molar-refractivity contribution in [3.05, 3.63) is 65.2 Å². The first-order valence-corrected chi connectivity index (χ1v) is 8.42. The number of nitrogens with one attached hydrogen (secondary N) is 1. The predicted molar refractivity (Wildman–Crippen MR) is 104 cm³/mol. The lowest BCUT2D eigenvalue weighted by atomic mass is 10.1. The van der Waals surface area contributed by atoms with Gasteiger partial charge in [0.15, 0.2) is 11.5 Å². The van der Waals surface area contributed by atoms with E-state index in [2.05, 4.69) is 22.3 Å². The molecule has 138 valence electrons. The van der Waals surface area contributed by atoms with E-state index in [1.807, 2.05) is 44.4 Å². The minimum absolute atomic E-state index is 0.142. The standard InChI is InChI=1S/C21H26N2O3/c1-23(2)15-18-7-5-17(6-8-18)14-22-21(24)12-10-16-9-11-19(25-3)20(13-16)26-4/h5-13H,14-15H2,1-4H3,(H,22,24)/b12-10+. The molecule has 1 amide bonds.